The van der Waals surface area contributed by atoms with Crippen molar-refractivity contribution in [3.8, 4) is 0 Å². The SMILES string of the molecule is CC(=O)c1ccc2c(c1)N(C(=O)C1CCc3ccccc3CC1)Cc1cccnc1N2C(=O)OC(C)(C)C. The van der Waals surface area contributed by atoms with Gasteiger partial charge in [0.25, 0.3) is 0 Å². The Morgan fingerprint density at radius 2 is 1.55 bits per heavy atom. The normalized spacial score (nSPS) is 15.5. The number of nitrogens with zero attached hydrogens (tertiary/aromatic N) is 3. The van der Waals surface area contributed by atoms with Crippen molar-refractivity contribution < 1.29 is 19.1 Å². The fourth-order valence-electron chi connectivity index (χ4n) is 5.28. The molecule has 0 atom stereocenters. The van der Waals surface area contributed by atoms with Crippen LogP contribution in [0.5, 0.6) is 0 Å². The zero-order chi connectivity index (χ0) is 27.0. The molecular formula is C31H33N3O4. The molecule has 5 rings (SSSR count). The fraction of sp³-hybridized carbons (Fsp3) is 0.355. The summed E-state index contributed by atoms with van der Waals surface area (Å²) in [6.45, 7) is 7.15. The largest absolute Gasteiger partial charge is 0.443 e. The van der Waals surface area contributed by atoms with Gasteiger partial charge in [0, 0.05) is 23.2 Å². The molecule has 38 heavy (non-hydrogen) atoms. The van der Waals surface area contributed by atoms with Crippen molar-refractivity contribution in [2.75, 3.05) is 9.80 Å². The van der Waals surface area contributed by atoms with Crippen LogP contribution in [0.1, 0.15) is 67.6 Å². The summed E-state index contributed by atoms with van der Waals surface area (Å²) < 4.78 is 5.77. The summed E-state index contributed by atoms with van der Waals surface area (Å²) in [4.78, 5) is 47.9. The van der Waals surface area contributed by atoms with E-state index in [0.717, 1.165) is 31.2 Å². The maximum Gasteiger partial charge on any atom is 0.420 e. The molecule has 2 aromatic carbocycles. The van der Waals surface area contributed by atoms with Gasteiger partial charge in [0.1, 0.15) is 11.4 Å². The van der Waals surface area contributed by atoms with Crippen LogP contribution in [0, 0.1) is 5.92 Å². The first-order valence-electron chi connectivity index (χ1n) is 13.1. The Bertz CT molecular complexity index is 1380. The molecule has 7 heteroatoms. The van der Waals surface area contributed by atoms with E-state index in [1.165, 1.54) is 23.0 Å². The molecule has 0 bridgehead atoms. The standard InChI is InChI=1S/C31H33N3O4/c1-20(35)24-15-16-26-27(18-24)33(29(36)23-13-11-21-8-5-6-9-22(21)12-14-23)19-25-10-7-17-32-28(25)34(26)30(37)38-31(2,3)4/h5-10,15-18,23H,11-14,19H2,1-4H3. The second-order valence-electron chi connectivity index (χ2n) is 11.0. The Hall–Kier alpha value is -4.00. The van der Waals surface area contributed by atoms with Crippen LogP contribution >= 0.6 is 0 Å². The molecule has 196 valence electrons. The first-order chi connectivity index (χ1) is 18.1. The van der Waals surface area contributed by atoms with Crippen molar-refractivity contribution in [2.45, 2.75) is 65.5 Å². The number of carbonyl (C=O) groups is 3. The average Bonchev–Trinajstić information content (AvgIpc) is 3.18. The quantitative estimate of drug-likeness (QED) is 0.294. The second kappa shape index (κ2) is 10.0. The first kappa shape index (κ1) is 25.6. The molecule has 3 aromatic rings. The number of hydrogen-bond acceptors (Lipinski definition) is 5. The van der Waals surface area contributed by atoms with Gasteiger partial charge in [-0.25, -0.2) is 14.7 Å². The lowest BCUT2D eigenvalue weighted by molar-refractivity contribution is -0.122. The minimum absolute atomic E-state index is 0.0133. The third kappa shape index (κ3) is 5.05. The van der Waals surface area contributed by atoms with Gasteiger partial charge in [-0.2, -0.15) is 0 Å². The smallest absolute Gasteiger partial charge is 0.420 e. The molecule has 0 fully saturated rings. The van der Waals surface area contributed by atoms with Gasteiger partial charge >= 0.3 is 6.09 Å². The van der Waals surface area contributed by atoms with E-state index < -0.39 is 11.7 Å². The number of ketones is 1. The van der Waals surface area contributed by atoms with Crippen LogP contribution in [0.2, 0.25) is 0 Å². The Morgan fingerprint density at radius 3 is 2.18 bits per heavy atom. The van der Waals surface area contributed by atoms with Gasteiger partial charge in [0.05, 0.1) is 17.9 Å². The number of benzene rings is 2. The molecule has 0 unspecified atom stereocenters. The number of ether oxygens (including phenoxy) is 1. The highest BCUT2D eigenvalue weighted by atomic mass is 16.6. The Balaban J connectivity index is 1.60. The summed E-state index contributed by atoms with van der Waals surface area (Å²) in [6, 6.07) is 17.2. The summed E-state index contributed by atoms with van der Waals surface area (Å²) in [5, 5.41) is 0. The number of fused-ring (bicyclic) bond motifs is 3. The summed E-state index contributed by atoms with van der Waals surface area (Å²) in [7, 11) is 0. The van der Waals surface area contributed by atoms with Crippen LogP contribution in [-0.2, 0) is 28.9 Å². The molecule has 2 aliphatic rings. The summed E-state index contributed by atoms with van der Waals surface area (Å²) in [6.07, 6.45) is 4.19. The van der Waals surface area contributed by atoms with Gasteiger partial charge in [-0.1, -0.05) is 30.3 Å². The summed E-state index contributed by atoms with van der Waals surface area (Å²) >= 11 is 0. The highest BCUT2D eigenvalue weighted by molar-refractivity contribution is 6.08. The molecule has 1 aliphatic carbocycles. The maximum absolute atomic E-state index is 14.3. The molecule has 7 nitrogen and oxygen atoms in total. The van der Waals surface area contributed by atoms with E-state index in [2.05, 4.69) is 17.1 Å². The minimum Gasteiger partial charge on any atom is -0.443 e. The van der Waals surface area contributed by atoms with Gasteiger partial charge in [0.2, 0.25) is 5.91 Å². The van der Waals surface area contributed by atoms with E-state index >= 15 is 0 Å². The number of hydrogen-bond donors (Lipinski definition) is 0. The maximum atomic E-state index is 14.3. The van der Waals surface area contributed by atoms with Crippen LogP contribution in [-0.4, -0.2) is 28.4 Å². The number of amides is 2. The third-order valence-electron chi connectivity index (χ3n) is 7.16. The van der Waals surface area contributed by atoms with Crippen LogP contribution in [0.15, 0.2) is 60.8 Å². The monoisotopic (exact) mass is 511 g/mol. The molecular weight excluding hydrogens is 478 g/mol. The van der Waals surface area contributed by atoms with Crippen molar-refractivity contribution >= 4 is 35.0 Å². The van der Waals surface area contributed by atoms with E-state index in [-0.39, 0.29) is 24.2 Å². The molecule has 2 amide bonds. The van der Waals surface area contributed by atoms with Crippen LogP contribution in [0.4, 0.5) is 22.0 Å². The van der Waals surface area contributed by atoms with E-state index in [4.69, 9.17) is 4.74 Å². The molecule has 0 saturated heterocycles. The fourth-order valence-corrected chi connectivity index (χ4v) is 5.28. The van der Waals surface area contributed by atoms with Crippen molar-refractivity contribution in [1.29, 1.82) is 0 Å². The zero-order valence-electron chi connectivity index (χ0n) is 22.4. The van der Waals surface area contributed by atoms with Crippen LogP contribution in [0.3, 0.4) is 0 Å². The number of pyridine rings is 1. The zero-order valence-corrected chi connectivity index (χ0v) is 22.4. The third-order valence-corrected chi connectivity index (χ3v) is 7.16. The van der Waals surface area contributed by atoms with Gasteiger partial charge in [-0.3, -0.25) is 9.59 Å². The predicted octanol–water partition coefficient (Wildman–Crippen LogP) is 6.40. The highest BCUT2D eigenvalue weighted by Gasteiger charge is 2.37. The Morgan fingerprint density at radius 1 is 0.895 bits per heavy atom. The van der Waals surface area contributed by atoms with Crippen molar-refractivity contribution in [1.82, 2.24) is 4.98 Å². The predicted molar refractivity (Wildman–Crippen MR) is 147 cm³/mol. The molecule has 0 N–H and O–H groups in total. The number of rotatable bonds is 2. The van der Waals surface area contributed by atoms with Crippen molar-refractivity contribution in [3.63, 3.8) is 0 Å². The first-order valence-corrected chi connectivity index (χ1v) is 13.1. The van der Waals surface area contributed by atoms with E-state index in [0.29, 0.717) is 22.8 Å². The average molecular weight is 512 g/mol. The molecule has 2 heterocycles. The van der Waals surface area contributed by atoms with Crippen LogP contribution in [0.25, 0.3) is 0 Å². The second-order valence-corrected chi connectivity index (χ2v) is 11.0. The van der Waals surface area contributed by atoms with Gasteiger partial charge in [-0.05, 0) is 88.8 Å². The number of anilines is 3. The molecule has 0 radical (unpaired) electrons. The molecule has 1 aliphatic heterocycles. The number of Topliss-reactive ketones (excluding diaryl/α,β-unsaturated/α-hetero) is 1. The lowest BCUT2D eigenvalue weighted by Crippen LogP contribution is -2.36. The topological polar surface area (TPSA) is 79.8 Å². The molecule has 1 aromatic heterocycles. The van der Waals surface area contributed by atoms with Crippen LogP contribution < -0.4 is 9.80 Å². The Kier molecular flexibility index (Phi) is 6.78. The highest BCUT2D eigenvalue weighted by Crippen LogP contribution is 2.42. The lowest BCUT2D eigenvalue weighted by atomic mass is 9.97. The van der Waals surface area contributed by atoms with Crippen molar-refractivity contribution in [2.24, 2.45) is 5.92 Å². The lowest BCUT2D eigenvalue weighted by Gasteiger charge is -2.29. The van der Waals surface area contributed by atoms with Gasteiger partial charge < -0.3 is 9.64 Å². The van der Waals surface area contributed by atoms with Gasteiger partial charge in [0.15, 0.2) is 5.78 Å². The van der Waals surface area contributed by atoms with E-state index in [1.54, 1.807) is 35.4 Å². The number of aromatic nitrogens is 1. The number of carbonyl (C=O) groups excluding carboxylic acids is 3. The van der Waals surface area contributed by atoms with Crippen molar-refractivity contribution in [3.05, 3.63) is 83.0 Å². The van der Waals surface area contributed by atoms with Gasteiger partial charge in [-0.15, -0.1) is 0 Å². The summed E-state index contributed by atoms with van der Waals surface area (Å²) in [5.74, 6) is 0.0981. The summed E-state index contributed by atoms with van der Waals surface area (Å²) in [5.41, 5.74) is 4.03. The van der Waals surface area contributed by atoms with E-state index in [1.807, 2.05) is 39.0 Å². The molecule has 0 saturated carbocycles. The molecule has 0 spiro atoms. The number of aryl methyl sites for hydroxylation is 2. The van der Waals surface area contributed by atoms with E-state index in [9.17, 15) is 14.4 Å². The Labute approximate surface area is 223 Å². The minimum atomic E-state index is -0.733.